The molecule has 0 unspecified atom stereocenters. The van der Waals surface area contributed by atoms with E-state index in [1.54, 1.807) is 6.07 Å². The van der Waals surface area contributed by atoms with Crippen LogP contribution in [0.3, 0.4) is 0 Å². The lowest BCUT2D eigenvalue weighted by molar-refractivity contribution is 0.257. The van der Waals surface area contributed by atoms with Crippen LogP contribution >= 0.6 is 11.6 Å². The highest BCUT2D eigenvalue weighted by atomic mass is 35.5. The molecular weight excluding hydrogens is 563 g/mol. The molecule has 1 saturated heterocycles. The van der Waals surface area contributed by atoms with Crippen molar-refractivity contribution in [2.45, 2.75) is 13.3 Å². The van der Waals surface area contributed by atoms with Crippen molar-refractivity contribution >= 4 is 46.3 Å². The SMILES string of the molecule is CCN1CCN(c2ccc(Nc3cc(N(C)C(=O)Nc4c(F)c(OC)cc(OC)c4Cl)ncn3)c(CC=CN)c2)CC1. The summed E-state index contributed by atoms with van der Waals surface area (Å²) >= 11 is 6.27. The maximum atomic E-state index is 14.9. The fourth-order valence-corrected chi connectivity index (χ4v) is 4.87. The van der Waals surface area contributed by atoms with Crippen LogP contribution in [0.15, 0.2) is 48.9 Å². The van der Waals surface area contributed by atoms with E-state index in [2.05, 4.69) is 49.5 Å². The number of halogens is 2. The molecule has 0 radical (unpaired) electrons. The van der Waals surface area contributed by atoms with Gasteiger partial charge in [-0.25, -0.2) is 19.2 Å². The van der Waals surface area contributed by atoms with Gasteiger partial charge in [0.1, 0.15) is 34.4 Å². The topological polar surface area (TPSA) is 121 Å². The number of anilines is 5. The minimum Gasteiger partial charge on any atom is -0.495 e. The molecule has 224 valence electrons. The molecule has 42 heavy (non-hydrogen) atoms. The summed E-state index contributed by atoms with van der Waals surface area (Å²) in [5.41, 5.74) is 8.41. The number of benzene rings is 2. The standard InChI is InChI=1S/C29H36ClFN8O3/c1-5-38-11-13-39(14-12-38)20-8-9-21(19(15-20)7-6-10-32)35-24-17-25(34-18-33-24)37(2)29(40)36-28-26(30)22(41-3)16-23(42-4)27(28)31/h6,8-10,15-18H,5,7,11-14,32H2,1-4H3,(H,36,40)(H,33,34,35). The number of hydrogen-bond donors (Lipinski definition) is 3. The number of urea groups is 1. The fourth-order valence-electron chi connectivity index (χ4n) is 4.61. The van der Waals surface area contributed by atoms with Crippen LogP contribution in [0, 0.1) is 5.82 Å². The van der Waals surface area contributed by atoms with Crippen LogP contribution in [0.4, 0.5) is 37.9 Å². The van der Waals surface area contributed by atoms with Crippen molar-refractivity contribution in [3.05, 3.63) is 65.3 Å². The Morgan fingerprint density at radius 2 is 1.88 bits per heavy atom. The predicted octanol–water partition coefficient (Wildman–Crippen LogP) is 4.86. The van der Waals surface area contributed by atoms with E-state index >= 15 is 0 Å². The lowest BCUT2D eigenvalue weighted by Crippen LogP contribution is -2.46. The maximum absolute atomic E-state index is 14.9. The maximum Gasteiger partial charge on any atom is 0.327 e. The van der Waals surface area contributed by atoms with Crippen LogP contribution in [0.25, 0.3) is 0 Å². The number of aromatic nitrogens is 2. The zero-order valence-electron chi connectivity index (χ0n) is 24.2. The third kappa shape index (κ3) is 6.94. The van der Waals surface area contributed by atoms with E-state index in [-0.39, 0.29) is 28.0 Å². The number of methoxy groups -OCH3 is 2. The van der Waals surface area contributed by atoms with Gasteiger partial charge in [0.15, 0.2) is 11.6 Å². The Bertz CT molecular complexity index is 1400. The Morgan fingerprint density at radius 3 is 2.55 bits per heavy atom. The second-order valence-electron chi connectivity index (χ2n) is 9.55. The third-order valence-corrected chi connectivity index (χ3v) is 7.49. The van der Waals surface area contributed by atoms with E-state index in [4.69, 9.17) is 26.8 Å². The normalized spacial score (nSPS) is 13.7. The molecule has 0 saturated carbocycles. The average molecular weight is 599 g/mol. The largest absolute Gasteiger partial charge is 0.495 e. The van der Waals surface area contributed by atoms with Gasteiger partial charge in [0.25, 0.3) is 0 Å². The molecule has 3 aromatic rings. The molecule has 1 fully saturated rings. The summed E-state index contributed by atoms with van der Waals surface area (Å²) in [4.78, 5) is 27.7. The Kier molecular flexibility index (Phi) is 10.3. The Hall–Kier alpha value is -4.29. The van der Waals surface area contributed by atoms with Crippen LogP contribution in [0.5, 0.6) is 11.5 Å². The van der Waals surface area contributed by atoms with Crippen LogP contribution < -0.4 is 35.6 Å². The molecule has 0 aliphatic carbocycles. The minimum absolute atomic E-state index is 0.0997. The molecule has 2 heterocycles. The molecular formula is C29H36ClFN8O3. The number of likely N-dealkylation sites (N-methyl/N-ethyl adjacent to an activating group) is 1. The first kappa shape index (κ1) is 30.7. The fraction of sp³-hybridized carbons (Fsp3) is 0.345. The number of nitrogens with two attached hydrogens (primary N) is 1. The first-order valence-corrected chi connectivity index (χ1v) is 13.9. The lowest BCUT2D eigenvalue weighted by Gasteiger charge is -2.35. The summed E-state index contributed by atoms with van der Waals surface area (Å²) in [5.74, 6) is -0.0718. The van der Waals surface area contributed by atoms with E-state index < -0.39 is 11.8 Å². The Balaban J connectivity index is 1.53. The summed E-state index contributed by atoms with van der Waals surface area (Å²) < 4.78 is 25.2. The highest BCUT2D eigenvalue weighted by Crippen LogP contribution is 2.40. The molecule has 0 spiro atoms. The van der Waals surface area contributed by atoms with Gasteiger partial charge in [-0.15, -0.1) is 0 Å². The number of allylic oxidation sites excluding steroid dienone is 1. The predicted molar refractivity (Wildman–Crippen MR) is 165 cm³/mol. The van der Waals surface area contributed by atoms with E-state index in [1.165, 1.54) is 44.8 Å². The number of carbonyl (C=O) groups is 1. The van der Waals surface area contributed by atoms with E-state index in [0.717, 1.165) is 49.7 Å². The molecule has 2 aromatic carbocycles. The van der Waals surface area contributed by atoms with Gasteiger partial charge < -0.3 is 35.6 Å². The molecule has 0 atom stereocenters. The Morgan fingerprint density at radius 1 is 1.14 bits per heavy atom. The molecule has 1 aliphatic rings. The molecule has 2 amide bonds. The number of nitrogens with one attached hydrogen (secondary N) is 2. The van der Waals surface area contributed by atoms with Gasteiger partial charge in [0, 0.05) is 56.7 Å². The van der Waals surface area contributed by atoms with E-state index in [1.807, 2.05) is 12.1 Å². The van der Waals surface area contributed by atoms with Crippen molar-refractivity contribution in [3.8, 4) is 11.5 Å². The molecule has 1 aliphatic heterocycles. The number of amides is 2. The summed E-state index contributed by atoms with van der Waals surface area (Å²) in [5, 5.41) is 5.72. The second-order valence-corrected chi connectivity index (χ2v) is 9.93. The Labute approximate surface area is 250 Å². The van der Waals surface area contributed by atoms with Gasteiger partial charge in [-0.05, 0) is 42.9 Å². The zero-order chi connectivity index (χ0) is 30.2. The summed E-state index contributed by atoms with van der Waals surface area (Å²) in [6, 6.07) is 8.49. The molecule has 4 N–H and O–H groups in total. The van der Waals surface area contributed by atoms with Crippen LogP contribution in [0.1, 0.15) is 12.5 Å². The molecule has 11 nitrogen and oxygen atoms in total. The highest BCUT2D eigenvalue weighted by molar-refractivity contribution is 6.35. The summed E-state index contributed by atoms with van der Waals surface area (Å²) in [6.45, 7) is 7.24. The van der Waals surface area contributed by atoms with Gasteiger partial charge in [-0.1, -0.05) is 24.6 Å². The summed E-state index contributed by atoms with van der Waals surface area (Å²) in [7, 11) is 4.18. The van der Waals surface area contributed by atoms with Gasteiger partial charge in [-0.3, -0.25) is 4.90 Å². The highest BCUT2D eigenvalue weighted by Gasteiger charge is 2.23. The van der Waals surface area contributed by atoms with Crippen molar-refractivity contribution < 1.29 is 18.7 Å². The van der Waals surface area contributed by atoms with Crippen molar-refractivity contribution in [3.63, 3.8) is 0 Å². The number of nitrogens with zero attached hydrogens (tertiary/aromatic N) is 5. The summed E-state index contributed by atoms with van der Waals surface area (Å²) in [6.07, 6.45) is 5.38. The average Bonchev–Trinajstić information content (AvgIpc) is 3.02. The number of ether oxygens (including phenoxy) is 2. The molecule has 13 heteroatoms. The number of hydrogen-bond acceptors (Lipinski definition) is 9. The molecule has 0 bridgehead atoms. The first-order valence-electron chi connectivity index (χ1n) is 13.5. The van der Waals surface area contributed by atoms with E-state index in [0.29, 0.717) is 12.2 Å². The van der Waals surface area contributed by atoms with Crippen LogP contribution in [-0.4, -0.2) is 74.9 Å². The zero-order valence-corrected chi connectivity index (χ0v) is 24.9. The van der Waals surface area contributed by atoms with Crippen molar-refractivity contribution in [2.75, 3.05) is 74.4 Å². The second kappa shape index (κ2) is 14.1. The molecule has 4 rings (SSSR count). The van der Waals surface area contributed by atoms with Gasteiger partial charge >= 0.3 is 6.03 Å². The van der Waals surface area contributed by atoms with Gasteiger partial charge in [-0.2, -0.15) is 0 Å². The van der Waals surface area contributed by atoms with Gasteiger partial charge in [0.2, 0.25) is 0 Å². The third-order valence-electron chi connectivity index (χ3n) is 7.12. The van der Waals surface area contributed by atoms with Gasteiger partial charge in [0.05, 0.1) is 14.2 Å². The van der Waals surface area contributed by atoms with Crippen LogP contribution in [0.2, 0.25) is 5.02 Å². The monoisotopic (exact) mass is 598 g/mol. The number of piperazine rings is 1. The van der Waals surface area contributed by atoms with Crippen LogP contribution in [-0.2, 0) is 6.42 Å². The van der Waals surface area contributed by atoms with Crippen molar-refractivity contribution in [1.29, 1.82) is 0 Å². The quantitative estimate of drug-likeness (QED) is 0.300. The first-order chi connectivity index (χ1) is 20.3. The van der Waals surface area contributed by atoms with E-state index in [9.17, 15) is 9.18 Å². The lowest BCUT2D eigenvalue weighted by atomic mass is 10.1. The van der Waals surface area contributed by atoms with Crippen molar-refractivity contribution in [2.24, 2.45) is 5.73 Å². The smallest absolute Gasteiger partial charge is 0.327 e. The number of rotatable bonds is 10. The molecule has 1 aromatic heterocycles. The van der Waals surface area contributed by atoms with Crippen molar-refractivity contribution in [1.82, 2.24) is 14.9 Å². The minimum atomic E-state index is -0.829. The number of carbonyl (C=O) groups excluding carboxylic acids is 1.